The van der Waals surface area contributed by atoms with E-state index in [4.69, 9.17) is 23.2 Å². The van der Waals surface area contributed by atoms with Gasteiger partial charge in [0.15, 0.2) is 0 Å². The number of hydrogen-bond donors (Lipinski definition) is 1. The minimum Gasteiger partial charge on any atom is -0.396 e. The molecule has 1 heterocycles. The van der Waals surface area contributed by atoms with Crippen LogP contribution in [0.4, 0.5) is 0 Å². The summed E-state index contributed by atoms with van der Waals surface area (Å²) in [7, 11) is 0. The summed E-state index contributed by atoms with van der Waals surface area (Å²) >= 11 is 12.1. The molecule has 1 saturated carbocycles. The summed E-state index contributed by atoms with van der Waals surface area (Å²) in [4.78, 5) is 9.04. The number of hydrogen-bond acceptors (Lipinski definition) is 3. The quantitative estimate of drug-likeness (QED) is 0.915. The Morgan fingerprint density at radius 3 is 2.38 bits per heavy atom. The van der Waals surface area contributed by atoms with Gasteiger partial charge in [0.25, 0.3) is 0 Å². The van der Waals surface area contributed by atoms with Crippen LogP contribution in [-0.4, -0.2) is 21.7 Å². The molecule has 0 spiro atoms. The first kappa shape index (κ1) is 14.8. The van der Waals surface area contributed by atoms with Crippen LogP contribution in [0.25, 0.3) is 11.1 Å². The molecule has 0 unspecified atom stereocenters. The summed E-state index contributed by atoms with van der Waals surface area (Å²) in [6, 6.07) is 5.39. The first-order chi connectivity index (χ1) is 10.1. The molecule has 3 rings (SSSR count). The third-order valence-electron chi connectivity index (χ3n) is 4.27. The molecule has 1 fully saturated rings. The van der Waals surface area contributed by atoms with Crippen LogP contribution >= 0.6 is 23.2 Å². The second-order valence-corrected chi connectivity index (χ2v) is 6.37. The average molecular weight is 323 g/mol. The number of aromatic nitrogens is 2. The van der Waals surface area contributed by atoms with Crippen LogP contribution in [0.3, 0.4) is 0 Å². The Balaban J connectivity index is 1.90. The number of aliphatic hydroxyl groups is 1. The van der Waals surface area contributed by atoms with Gasteiger partial charge in [-0.05, 0) is 31.4 Å². The number of aliphatic hydroxyl groups excluding tert-OH is 1. The molecule has 110 valence electrons. The van der Waals surface area contributed by atoms with Gasteiger partial charge in [-0.2, -0.15) is 0 Å². The molecule has 1 aliphatic carbocycles. The van der Waals surface area contributed by atoms with Crippen molar-refractivity contribution in [1.29, 1.82) is 0 Å². The number of benzene rings is 1. The van der Waals surface area contributed by atoms with Crippen LogP contribution in [0, 0.1) is 0 Å². The summed E-state index contributed by atoms with van der Waals surface area (Å²) < 4.78 is 0. The Bertz CT molecular complexity index is 639. The van der Waals surface area contributed by atoms with Crippen molar-refractivity contribution in [1.82, 2.24) is 9.97 Å². The van der Waals surface area contributed by atoms with Crippen molar-refractivity contribution in [3.05, 3.63) is 46.5 Å². The van der Waals surface area contributed by atoms with Gasteiger partial charge in [0.05, 0.1) is 0 Å². The van der Waals surface area contributed by atoms with Crippen molar-refractivity contribution >= 4 is 23.2 Å². The zero-order valence-corrected chi connectivity index (χ0v) is 13.0. The lowest BCUT2D eigenvalue weighted by atomic mass is 9.66. The zero-order chi connectivity index (χ0) is 14.9. The van der Waals surface area contributed by atoms with Gasteiger partial charge in [-0.3, -0.25) is 0 Å². The van der Waals surface area contributed by atoms with E-state index in [1.807, 2.05) is 6.07 Å². The van der Waals surface area contributed by atoms with Crippen molar-refractivity contribution in [3.63, 3.8) is 0 Å². The summed E-state index contributed by atoms with van der Waals surface area (Å²) in [6.07, 6.45) is 7.61. The Labute approximate surface area is 134 Å². The lowest BCUT2D eigenvalue weighted by molar-refractivity contribution is 0.158. The van der Waals surface area contributed by atoms with Crippen molar-refractivity contribution in [3.8, 4) is 11.1 Å². The molecule has 1 aromatic heterocycles. The fourth-order valence-electron chi connectivity index (χ4n) is 2.87. The molecular weight excluding hydrogens is 307 g/mol. The first-order valence-corrected chi connectivity index (χ1v) is 7.79. The molecule has 0 aliphatic heterocycles. The second kappa shape index (κ2) is 5.91. The Kier molecular flexibility index (Phi) is 4.16. The molecule has 5 heteroatoms. The number of nitrogens with zero attached hydrogens (tertiary/aromatic N) is 2. The lowest BCUT2D eigenvalue weighted by Gasteiger charge is -2.40. The first-order valence-electron chi connectivity index (χ1n) is 7.03. The van der Waals surface area contributed by atoms with E-state index in [1.165, 1.54) is 6.42 Å². The van der Waals surface area contributed by atoms with Gasteiger partial charge in [-0.25, -0.2) is 9.97 Å². The van der Waals surface area contributed by atoms with Crippen molar-refractivity contribution in [2.45, 2.75) is 31.1 Å². The third-order valence-corrected chi connectivity index (χ3v) is 4.82. The molecule has 0 atom stereocenters. The van der Waals surface area contributed by atoms with E-state index in [0.29, 0.717) is 10.0 Å². The Hall–Kier alpha value is -1.16. The van der Waals surface area contributed by atoms with Crippen molar-refractivity contribution in [2.24, 2.45) is 0 Å². The van der Waals surface area contributed by atoms with Crippen LogP contribution < -0.4 is 0 Å². The normalized spacial score (nSPS) is 16.5. The second-order valence-electron chi connectivity index (χ2n) is 5.53. The molecular formula is C16H16Cl2N2O. The topological polar surface area (TPSA) is 46.0 Å². The van der Waals surface area contributed by atoms with Gasteiger partial charge in [-0.1, -0.05) is 35.7 Å². The van der Waals surface area contributed by atoms with Gasteiger partial charge in [0, 0.05) is 45.6 Å². The van der Waals surface area contributed by atoms with Gasteiger partial charge in [-0.15, -0.1) is 0 Å². The molecule has 1 aliphatic rings. The van der Waals surface area contributed by atoms with Crippen molar-refractivity contribution in [2.75, 3.05) is 6.61 Å². The fraction of sp³-hybridized carbons (Fsp3) is 0.375. The van der Waals surface area contributed by atoms with Crippen molar-refractivity contribution < 1.29 is 5.11 Å². The molecule has 0 saturated heterocycles. The third kappa shape index (κ3) is 2.78. The predicted molar refractivity (Wildman–Crippen MR) is 84.7 cm³/mol. The van der Waals surface area contributed by atoms with Crippen LogP contribution in [0.5, 0.6) is 0 Å². The van der Waals surface area contributed by atoms with E-state index >= 15 is 0 Å². The minimum atomic E-state index is -0.0307. The van der Waals surface area contributed by atoms with E-state index in [-0.39, 0.29) is 12.0 Å². The largest absolute Gasteiger partial charge is 0.396 e. The van der Waals surface area contributed by atoms with Gasteiger partial charge in [0.2, 0.25) is 0 Å². The predicted octanol–water partition coefficient (Wildman–Crippen LogP) is 4.25. The maximum absolute atomic E-state index is 9.24. The lowest BCUT2D eigenvalue weighted by Crippen LogP contribution is -2.37. The standard InChI is InChI=1S/C16H16Cl2N2O/c17-12-2-3-13(14(18)8-12)11-9-19-15(20-10-11)16(6-7-21)4-1-5-16/h2-3,8-10,21H,1,4-7H2. The smallest absolute Gasteiger partial charge is 0.134 e. The van der Waals surface area contributed by atoms with Gasteiger partial charge < -0.3 is 5.11 Å². The van der Waals surface area contributed by atoms with E-state index in [1.54, 1.807) is 24.5 Å². The maximum atomic E-state index is 9.24. The number of rotatable bonds is 4. The van der Waals surface area contributed by atoms with E-state index in [0.717, 1.165) is 36.2 Å². The average Bonchev–Trinajstić information content (AvgIpc) is 2.43. The Morgan fingerprint density at radius 2 is 1.86 bits per heavy atom. The summed E-state index contributed by atoms with van der Waals surface area (Å²) in [6.45, 7) is 0.175. The molecule has 0 radical (unpaired) electrons. The van der Waals surface area contributed by atoms with E-state index in [9.17, 15) is 5.11 Å². The molecule has 1 aromatic carbocycles. The Morgan fingerprint density at radius 1 is 1.14 bits per heavy atom. The van der Waals surface area contributed by atoms with E-state index < -0.39 is 0 Å². The summed E-state index contributed by atoms with van der Waals surface area (Å²) in [5, 5.41) is 10.4. The summed E-state index contributed by atoms with van der Waals surface area (Å²) in [5.41, 5.74) is 1.72. The summed E-state index contributed by atoms with van der Waals surface area (Å²) in [5.74, 6) is 0.830. The van der Waals surface area contributed by atoms with Gasteiger partial charge in [0.1, 0.15) is 5.82 Å². The highest BCUT2D eigenvalue weighted by Gasteiger charge is 2.40. The SMILES string of the molecule is OCCC1(c2ncc(-c3ccc(Cl)cc3Cl)cn2)CCC1. The van der Waals surface area contributed by atoms with Crippen LogP contribution in [0.2, 0.25) is 10.0 Å². The molecule has 0 amide bonds. The maximum Gasteiger partial charge on any atom is 0.134 e. The molecule has 21 heavy (non-hydrogen) atoms. The van der Waals surface area contributed by atoms with Gasteiger partial charge >= 0.3 is 0 Å². The molecule has 0 bridgehead atoms. The monoisotopic (exact) mass is 322 g/mol. The molecule has 3 nitrogen and oxygen atoms in total. The van der Waals surface area contributed by atoms with Crippen LogP contribution in [0.1, 0.15) is 31.5 Å². The minimum absolute atomic E-state index is 0.0307. The van der Waals surface area contributed by atoms with Crippen LogP contribution in [-0.2, 0) is 5.41 Å². The van der Waals surface area contributed by atoms with Crippen LogP contribution in [0.15, 0.2) is 30.6 Å². The highest BCUT2D eigenvalue weighted by Crippen LogP contribution is 2.44. The molecule has 2 aromatic rings. The molecule has 1 N–H and O–H groups in total. The zero-order valence-electron chi connectivity index (χ0n) is 11.5. The highest BCUT2D eigenvalue weighted by atomic mass is 35.5. The van der Waals surface area contributed by atoms with E-state index in [2.05, 4.69) is 9.97 Å². The fourth-order valence-corrected chi connectivity index (χ4v) is 3.39. The number of halogens is 2. The highest BCUT2D eigenvalue weighted by molar-refractivity contribution is 6.36.